The number of aromatic hydroxyl groups is 1. The highest BCUT2D eigenvalue weighted by atomic mass is 16.5. The molecular formula is C22H26O7. The zero-order valence-electron chi connectivity index (χ0n) is 17.2. The molecule has 0 bridgehead atoms. The van der Waals surface area contributed by atoms with Gasteiger partial charge in [0.05, 0.1) is 23.8 Å². The monoisotopic (exact) mass is 402 g/mol. The van der Waals surface area contributed by atoms with E-state index in [1.165, 1.54) is 39.2 Å². The maximum Gasteiger partial charge on any atom is 0.306 e. The molecule has 156 valence electrons. The van der Waals surface area contributed by atoms with E-state index in [4.69, 9.17) is 9.47 Å². The van der Waals surface area contributed by atoms with Crippen LogP contribution in [0.1, 0.15) is 66.5 Å². The second-order valence-electron chi connectivity index (χ2n) is 7.85. The van der Waals surface area contributed by atoms with Crippen LogP contribution in [-0.2, 0) is 9.53 Å². The van der Waals surface area contributed by atoms with Crippen LogP contribution in [0.5, 0.6) is 11.5 Å². The molecule has 2 rings (SSSR count). The summed E-state index contributed by atoms with van der Waals surface area (Å²) >= 11 is 0. The number of aliphatic hydroxyl groups is 1. The first kappa shape index (κ1) is 22.4. The Bertz CT molecular complexity index is 885. The van der Waals surface area contributed by atoms with Gasteiger partial charge in [0, 0.05) is 12.0 Å². The van der Waals surface area contributed by atoms with Gasteiger partial charge < -0.3 is 19.7 Å². The van der Waals surface area contributed by atoms with Crippen LogP contribution in [0.25, 0.3) is 0 Å². The van der Waals surface area contributed by atoms with Crippen molar-refractivity contribution in [2.45, 2.75) is 45.8 Å². The first-order valence-electron chi connectivity index (χ1n) is 9.26. The normalized spacial score (nSPS) is 15.0. The highest BCUT2D eigenvalue weighted by Crippen LogP contribution is 2.41. The fourth-order valence-electron chi connectivity index (χ4n) is 2.90. The average Bonchev–Trinajstić information content (AvgIpc) is 2.60. The number of esters is 1. The summed E-state index contributed by atoms with van der Waals surface area (Å²) in [6.07, 6.45) is 4.07. The number of carbonyl (C=O) groups is 3. The molecule has 0 saturated carbocycles. The van der Waals surface area contributed by atoms with E-state index < -0.39 is 35.0 Å². The third-order valence-corrected chi connectivity index (χ3v) is 4.21. The number of benzene rings is 1. The maximum absolute atomic E-state index is 12.4. The van der Waals surface area contributed by atoms with E-state index in [2.05, 4.69) is 0 Å². The standard InChI is InChI=1S/C22H26O7/c1-12(2)10-18(25)29-16(8-9-22(3,4)27)13-11-17(28-5)19-14(23)6-7-15(24)20(19)21(13)26/h6-9,11-12,16,26-27H,10H2,1-5H3/b9-8+. The van der Waals surface area contributed by atoms with Gasteiger partial charge in [-0.3, -0.25) is 14.4 Å². The van der Waals surface area contributed by atoms with Gasteiger partial charge in [0.25, 0.3) is 0 Å². The van der Waals surface area contributed by atoms with Crippen molar-refractivity contribution >= 4 is 17.5 Å². The summed E-state index contributed by atoms with van der Waals surface area (Å²) in [4.78, 5) is 36.9. The van der Waals surface area contributed by atoms with Crippen LogP contribution in [0, 0.1) is 5.92 Å². The second-order valence-corrected chi connectivity index (χ2v) is 7.85. The van der Waals surface area contributed by atoms with E-state index in [0.29, 0.717) is 0 Å². The number of allylic oxidation sites excluding steroid dienone is 2. The lowest BCUT2D eigenvalue weighted by molar-refractivity contribution is -0.148. The Hall–Kier alpha value is -2.93. The van der Waals surface area contributed by atoms with E-state index in [9.17, 15) is 24.6 Å². The minimum Gasteiger partial charge on any atom is -0.507 e. The highest BCUT2D eigenvalue weighted by molar-refractivity contribution is 6.24. The predicted octanol–water partition coefficient (Wildman–Crippen LogP) is 3.29. The van der Waals surface area contributed by atoms with Crippen molar-refractivity contribution < 1.29 is 34.1 Å². The number of hydrogen-bond acceptors (Lipinski definition) is 7. The smallest absolute Gasteiger partial charge is 0.306 e. The van der Waals surface area contributed by atoms with Gasteiger partial charge in [-0.05, 0) is 44.1 Å². The Labute approximate surface area is 169 Å². The molecule has 0 aliphatic heterocycles. The molecule has 0 fully saturated rings. The number of fused-ring (bicyclic) bond motifs is 1. The van der Waals surface area contributed by atoms with Gasteiger partial charge in [-0.2, -0.15) is 0 Å². The number of ether oxygens (including phenoxy) is 2. The maximum atomic E-state index is 12.4. The summed E-state index contributed by atoms with van der Waals surface area (Å²) < 4.78 is 10.8. The summed E-state index contributed by atoms with van der Waals surface area (Å²) in [6.45, 7) is 6.80. The molecule has 1 aromatic rings. The van der Waals surface area contributed by atoms with Crippen LogP contribution in [0.2, 0.25) is 0 Å². The van der Waals surface area contributed by atoms with Crippen molar-refractivity contribution in [3.63, 3.8) is 0 Å². The number of phenols is 1. The van der Waals surface area contributed by atoms with Gasteiger partial charge >= 0.3 is 5.97 Å². The molecule has 7 heteroatoms. The van der Waals surface area contributed by atoms with Crippen LogP contribution in [0.3, 0.4) is 0 Å². The summed E-state index contributed by atoms with van der Waals surface area (Å²) in [5, 5.41) is 20.8. The quantitative estimate of drug-likeness (QED) is 0.532. The molecule has 29 heavy (non-hydrogen) atoms. The third kappa shape index (κ3) is 5.32. The number of phenolic OH excluding ortho intramolecular Hbond substituents is 1. The van der Waals surface area contributed by atoms with Crippen LogP contribution in [0.4, 0.5) is 0 Å². The van der Waals surface area contributed by atoms with Crippen molar-refractivity contribution in [1.29, 1.82) is 0 Å². The molecule has 1 atom stereocenters. The lowest BCUT2D eigenvalue weighted by atomic mass is 9.89. The van der Waals surface area contributed by atoms with Crippen LogP contribution < -0.4 is 4.74 Å². The molecule has 2 N–H and O–H groups in total. The zero-order valence-corrected chi connectivity index (χ0v) is 17.2. The molecule has 7 nitrogen and oxygen atoms in total. The Morgan fingerprint density at radius 2 is 1.76 bits per heavy atom. The largest absolute Gasteiger partial charge is 0.507 e. The number of methoxy groups -OCH3 is 1. The van der Waals surface area contributed by atoms with E-state index in [1.54, 1.807) is 0 Å². The predicted molar refractivity (Wildman–Crippen MR) is 106 cm³/mol. The summed E-state index contributed by atoms with van der Waals surface area (Å²) in [6, 6.07) is 1.36. The molecule has 0 spiro atoms. The minimum absolute atomic E-state index is 0.0417. The molecule has 0 aromatic heterocycles. The van der Waals surface area contributed by atoms with Gasteiger partial charge in [-0.1, -0.05) is 19.9 Å². The molecule has 0 amide bonds. The number of ketones is 2. The van der Waals surface area contributed by atoms with Crippen LogP contribution in [-0.4, -0.2) is 40.5 Å². The molecule has 0 heterocycles. The number of rotatable bonds is 7. The molecule has 0 radical (unpaired) electrons. The summed E-state index contributed by atoms with van der Waals surface area (Å²) in [5.74, 6) is -1.88. The first-order chi connectivity index (χ1) is 13.4. The average molecular weight is 402 g/mol. The fourth-order valence-corrected chi connectivity index (χ4v) is 2.90. The Morgan fingerprint density at radius 3 is 2.28 bits per heavy atom. The van der Waals surface area contributed by atoms with E-state index >= 15 is 0 Å². The van der Waals surface area contributed by atoms with Crippen molar-refractivity contribution in [3.8, 4) is 11.5 Å². The minimum atomic E-state index is -1.20. The molecule has 0 saturated heterocycles. The topological polar surface area (TPSA) is 110 Å². The molecular weight excluding hydrogens is 376 g/mol. The second kappa shape index (κ2) is 8.61. The molecule has 1 unspecified atom stereocenters. The Balaban J connectivity index is 2.62. The van der Waals surface area contributed by atoms with Crippen molar-refractivity contribution in [1.82, 2.24) is 0 Å². The first-order valence-corrected chi connectivity index (χ1v) is 9.26. The molecule has 1 aliphatic carbocycles. The van der Waals surface area contributed by atoms with Gasteiger partial charge in [0.2, 0.25) is 0 Å². The van der Waals surface area contributed by atoms with E-state index in [-0.39, 0.29) is 34.8 Å². The third-order valence-electron chi connectivity index (χ3n) is 4.21. The van der Waals surface area contributed by atoms with E-state index in [1.807, 2.05) is 13.8 Å². The molecule has 1 aliphatic rings. The highest BCUT2D eigenvalue weighted by Gasteiger charge is 2.32. The van der Waals surface area contributed by atoms with Crippen molar-refractivity contribution in [2.24, 2.45) is 5.92 Å². The van der Waals surface area contributed by atoms with Crippen LogP contribution in [0.15, 0.2) is 30.4 Å². The number of carbonyl (C=O) groups excluding carboxylic acids is 3. The number of hydrogen-bond donors (Lipinski definition) is 2. The lowest BCUT2D eigenvalue weighted by Crippen LogP contribution is -2.18. The Morgan fingerprint density at radius 1 is 1.17 bits per heavy atom. The van der Waals surface area contributed by atoms with Crippen molar-refractivity contribution in [2.75, 3.05) is 7.11 Å². The SMILES string of the molecule is COc1cc(C(/C=C/C(C)(C)O)OC(=O)CC(C)C)c(O)c2c1C(=O)C=CC2=O. The van der Waals surface area contributed by atoms with Gasteiger partial charge in [-0.15, -0.1) is 0 Å². The lowest BCUT2D eigenvalue weighted by Gasteiger charge is -2.23. The van der Waals surface area contributed by atoms with E-state index in [0.717, 1.165) is 12.2 Å². The van der Waals surface area contributed by atoms with Crippen LogP contribution >= 0.6 is 0 Å². The van der Waals surface area contributed by atoms with Gasteiger partial charge in [0.15, 0.2) is 11.6 Å². The van der Waals surface area contributed by atoms with Crippen molar-refractivity contribution in [3.05, 3.63) is 47.1 Å². The zero-order chi connectivity index (χ0) is 21.9. The summed E-state index contributed by atoms with van der Waals surface area (Å²) in [5.41, 5.74) is -1.37. The van der Waals surface area contributed by atoms with Gasteiger partial charge in [-0.25, -0.2) is 0 Å². The molecule has 1 aromatic carbocycles. The van der Waals surface area contributed by atoms with Gasteiger partial charge in [0.1, 0.15) is 17.6 Å². The fraction of sp³-hybridized carbons (Fsp3) is 0.409. The summed E-state index contributed by atoms with van der Waals surface area (Å²) in [7, 11) is 1.33. The Kier molecular flexibility index (Phi) is 6.64.